The first-order valence-corrected chi connectivity index (χ1v) is 4.86. The minimum Gasteiger partial charge on any atom is -0.496 e. The van der Waals surface area contributed by atoms with Crippen LogP contribution in [0.3, 0.4) is 0 Å². The molecule has 0 bridgehead atoms. The first-order valence-electron chi connectivity index (χ1n) is 4.86. The molecule has 1 aromatic rings. The van der Waals surface area contributed by atoms with Gasteiger partial charge in [0.15, 0.2) is 0 Å². The van der Waals surface area contributed by atoms with Gasteiger partial charge in [-0.1, -0.05) is 12.1 Å². The van der Waals surface area contributed by atoms with Crippen LogP contribution < -0.4 is 4.74 Å². The van der Waals surface area contributed by atoms with Crippen molar-refractivity contribution in [1.29, 1.82) is 0 Å². The Bertz CT molecular complexity index is 412. The van der Waals surface area contributed by atoms with Crippen molar-refractivity contribution >= 4 is 11.8 Å². The van der Waals surface area contributed by atoms with E-state index in [4.69, 9.17) is 9.84 Å². The van der Waals surface area contributed by atoms with Gasteiger partial charge in [-0.05, 0) is 30.5 Å². The largest absolute Gasteiger partial charge is 0.496 e. The molecule has 0 heterocycles. The number of aliphatic carboxylic acids is 1. The van der Waals surface area contributed by atoms with E-state index < -0.39 is 11.8 Å². The molecular formula is C12H14O4. The number of carbonyl (C=O) groups is 2. The highest BCUT2D eigenvalue weighted by Crippen LogP contribution is 2.24. The fraction of sp³-hybridized carbons (Fsp3) is 0.333. The van der Waals surface area contributed by atoms with Gasteiger partial charge in [0.05, 0.1) is 7.11 Å². The lowest BCUT2D eigenvalue weighted by Crippen LogP contribution is -2.15. The molecule has 0 aliphatic carbocycles. The molecule has 0 saturated heterocycles. The lowest BCUT2D eigenvalue weighted by Gasteiger charge is -2.10. The van der Waals surface area contributed by atoms with Gasteiger partial charge in [0.25, 0.3) is 0 Å². The molecule has 4 nitrogen and oxygen atoms in total. The highest BCUT2D eigenvalue weighted by Gasteiger charge is 2.13. The lowest BCUT2D eigenvalue weighted by molar-refractivity contribution is -0.148. The third-order valence-electron chi connectivity index (χ3n) is 2.33. The summed E-state index contributed by atoms with van der Waals surface area (Å²) in [6, 6.07) is 3.54. The van der Waals surface area contributed by atoms with Gasteiger partial charge in [-0.3, -0.25) is 4.79 Å². The van der Waals surface area contributed by atoms with E-state index >= 15 is 0 Å². The van der Waals surface area contributed by atoms with Gasteiger partial charge >= 0.3 is 5.97 Å². The van der Waals surface area contributed by atoms with Crippen molar-refractivity contribution in [3.63, 3.8) is 0 Å². The van der Waals surface area contributed by atoms with Crippen LogP contribution in [-0.4, -0.2) is 24.0 Å². The van der Waals surface area contributed by atoms with E-state index in [0.29, 0.717) is 5.56 Å². The summed E-state index contributed by atoms with van der Waals surface area (Å²) in [7, 11) is 1.58. The van der Waals surface area contributed by atoms with Crippen molar-refractivity contribution < 1.29 is 19.4 Å². The zero-order valence-electron chi connectivity index (χ0n) is 9.53. The van der Waals surface area contributed by atoms with Crippen LogP contribution in [0.5, 0.6) is 5.75 Å². The van der Waals surface area contributed by atoms with Gasteiger partial charge in [-0.15, -0.1) is 0 Å². The Labute approximate surface area is 93.9 Å². The third kappa shape index (κ3) is 2.59. The second-order valence-electron chi connectivity index (χ2n) is 3.67. The number of aryl methyl sites for hydroxylation is 2. The number of ketones is 1. The van der Waals surface area contributed by atoms with E-state index in [0.717, 1.165) is 16.9 Å². The van der Waals surface area contributed by atoms with Crippen LogP contribution in [0.25, 0.3) is 0 Å². The van der Waals surface area contributed by atoms with Crippen molar-refractivity contribution in [1.82, 2.24) is 0 Å². The molecule has 0 saturated carbocycles. The molecule has 1 N–H and O–H groups in total. The zero-order valence-corrected chi connectivity index (χ0v) is 9.53. The van der Waals surface area contributed by atoms with E-state index in [9.17, 15) is 9.59 Å². The van der Waals surface area contributed by atoms with Crippen molar-refractivity contribution in [2.75, 3.05) is 7.11 Å². The van der Waals surface area contributed by atoms with Gasteiger partial charge in [0.2, 0.25) is 5.78 Å². The van der Waals surface area contributed by atoms with Crippen LogP contribution in [0.1, 0.15) is 16.7 Å². The molecule has 0 fully saturated rings. The predicted molar refractivity (Wildman–Crippen MR) is 58.8 cm³/mol. The molecule has 86 valence electrons. The van der Waals surface area contributed by atoms with Crippen LogP contribution in [0.2, 0.25) is 0 Å². The molecule has 0 atom stereocenters. The van der Waals surface area contributed by atoms with Crippen LogP contribution in [-0.2, 0) is 16.0 Å². The molecule has 0 aliphatic heterocycles. The van der Waals surface area contributed by atoms with Gasteiger partial charge in [0, 0.05) is 6.42 Å². The summed E-state index contributed by atoms with van der Waals surface area (Å²) in [5.74, 6) is -1.43. The lowest BCUT2D eigenvalue weighted by atomic mass is 10.0. The van der Waals surface area contributed by atoms with Crippen LogP contribution in [0.15, 0.2) is 12.1 Å². The molecule has 16 heavy (non-hydrogen) atoms. The number of carboxylic acid groups (broad SMARTS) is 1. The Kier molecular flexibility index (Phi) is 3.66. The van der Waals surface area contributed by atoms with E-state index in [-0.39, 0.29) is 6.42 Å². The number of carboxylic acids is 1. The fourth-order valence-electron chi connectivity index (χ4n) is 1.72. The highest BCUT2D eigenvalue weighted by atomic mass is 16.5. The normalized spacial score (nSPS) is 9.94. The van der Waals surface area contributed by atoms with Gasteiger partial charge in [-0.2, -0.15) is 0 Å². The topological polar surface area (TPSA) is 63.6 Å². The average Bonchev–Trinajstić information content (AvgIpc) is 2.16. The zero-order chi connectivity index (χ0) is 12.3. The monoisotopic (exact) mass is 222 g/mol. The van der Waals surface area contributed by atoms with E-state index in [2.05, 4.69) is 0 Å². The number of ether oxygens (including phenoxy) is 1. The number of methoxy groups -OCH3 is 1. The Balaban J connectivity index is 3.00. The summed E-state index contributed by atoms with van der Waals surface area (Å²) in [5.41, 5.74) is 2.49. The van der Waals surface area contributed by atoms with Crippen molar-refractivity contribution in [3.05, 3.63) is 28.8 Å². The standard InChI is InChI=1S/C12H14O4/c1-7-4-9(6-10(13)12(14)15)5-8(2)11(7)16-3/h4-5H,6H2,1-3H3,(H,14,15). The van der Waals surface area contributed by atoms with Gasteiger partial charge < -0.3 is 9.84 Å². The van der Waals surface area contributed by atoms with Crippen molar-refractivity contribution in [3.8, 4) is 5.75 Å². The van der Waals surface area contributed by atoms with Crippen molar-refractivity contribution in [2.45, 2.75) is 20.3 Å². The highest BCUT2D eigenvalue weighted by molar-refractivity contribution is 6.33. The van der Waals surface area contributed by atoms with Crippen LogP contribution in [0.4, 0.5) is 0 Å². The molecular weight excluding hydrogens is 208 g/mol. The van der Waals surface area contributed by atoms with E-state index in [1.54, 1.807) is 19.2 Å². The molecule has 0 amide bonds. The summed E-state index contributed by atoms with van der Waals surface area (Å²) < 4.78 is 5.18. The summed E-state index contributed by atoms with van der Waals surface area (Å²) >= 11 is 0. The summed E-state index contributed by atoms with van der Waals surface area (Å²) in [5, 5.41) is 8.51. The minimum absolute atomic E-state index is 0.0823. The first-order chi connectivity index (χ1) is 7.45. The smallest absolute Gasteiger partial charge is 0.372 e. The number of hydrogen-bond acceptors (Lipinski definition) is 3. The molecule has 0 unspecified atom stereocenters. The maximum atomic E-state index is 11.1. The number of carbonyl (C=O) groups excluding carboxylic acids is 1. The van der Waals surface area contributed by atoms with Gasteiger partial charge in [0.1, 0.15) is 5.75 Å². The Hall–Kier alpha value is -1.84. The number of rotatable bonds is 4. The maximum Gasteiger partial charge on any atom is 0.372 e. The van der Waals surface area contributed by atoms with E-state index in [1.165, 1.54) is 0 Å². The third-order valence-corrected chi connectivity index (χ3v) is 2.33. The Morgan fingerprint density at radius 2 is 1.75 bits per heavy atom. The molecule has 1 rings (SSSR count). The SMILES string of the molecule is COc1c(C)cc(CC(=O)C(=O)O)cc1C. The molecule has 0 spiro atoms. The fourth-order valence-corrected chi connectivity index (χ4v) is 1.72. The molecule has 0 aliphatic rings. The van der Waals surface area contributed by atoms with Crippen LogP contribution in [0, 0.1) is 13.8 Å². The second kappa shape index (κ2) is 4.79. The summed E-state index contributed by atoms with van der Waals surface area (Å²) in [4.78, 5) is 21.5. The quantitative estimate of drug-likeness (QED) is 0.784. The molecule has 4 heteroatoms. The average molecular weight is 222 g/mol. The Morgan fingerprint density at radius 3 is 2.12 bits per heavy atom. The minimum atomic E-state index is -1.40. The maximum absolute atomic E-state index is 11.1. The van der Waals surface area contributed by atoms with Crippen LogP contribution >= 0.6 is 0 Å². The van der Waals surface area contributed by atoms with E-state index in [1.807, 2.05) is 13.8 Å². The second-order valence-corrected chi connectivity index (χ2v) is 3.67. The molecule has 0 radical (unpaired) electrons. The number of benzene rings is 1. The number of hydrogen-bond donors (Lipinski definition) is 1. The Morgan fingerprint density at radius 1 is 1.25 bits per heavy atom. The van der Waals surface area contributed by atoms with Gasteiger partial charge in [-0.25, -0.2) is 4.79 Å². The molecule has 1 aromatic carbocycles. The van der Waals surface area contributed by atoms with Crippen molar-refractivity contribution in [2.24, 2.45) is 0 Å². The predicted octanol–water partition coefficient (Wildman–Crippen LogP) is 1.51. The molecule has 0 aromatic heterocycles. The first kappa shape index (κ1) is 12.2. The summed E-state index contributed by atoms with van der Waals surface area (Å²) in [6.07, 6.45) is -0.0823. The summed E-state index contributed by atoms with van der Waals surface area (Å²) in [6.45, 7) is 3.72. The number of Topliss-reactive ketones (excluding diaryl/α,β-unsaturated/α-hetero) is 1.